The van der Waals surface area contributed by atoms with Crippen molar-refractivity contribution in [2.75, 3.05) is 39.3 Å². The lowest BCUT2D eigenvalue weighted by molar-refractivity contribution is -0.129. The minimum Gasteiger partial charge on any atom is -0.492 e. The van der Waals surface area contributed by atoms with E-state index in [-0.39, 0.29) is 18.9 Å². The van der Waals surface area contributed by atoms with Crippen LogP contribution in [0.1, 0.15) is 110 Å². The Morgan fingerprint density at radius 2 is 1.46 bits per heavy atom. The molecule has 1 aromatic rings. The summed E-state index contributed by atoms with van der Waals surface area (Å²) in [4.78, 5) is 59.0. The summed E-state index contributed by atoms with van der Waals surface area (Å²) in [5, 5.41) is 10.2. The van der Waals surface area contributed by atoms with Crippen LogP contribution in [0.5, 0.6) is 5.75 Å². The first-order valence-corrected chi connectivity index (χ1v) is 16.9. The molecule has 262 valence electrons. The van der Waals surface area contributed by atoms with Crippen LogP contribution in [0, 0.1) is 5.92 Å². The van der Waals surface area contributed by atoms with E-state index in [1.165, 1.54) is 65.2 Å². The third-order valence-corrected chi connectivity index (χ3v) is 6.59. The predicted octanol–water partition coefficient (Wildman–Crippen LogP) is 4.24. The Balaban J connectivity index is 0.00000103. The average Bonchev–Trinajstić information content (AvgIpc) is 3.54. The highest BCUT2D eigenvalue weighted by Crippen LogP contribution is 2.16. The van der Waals surface area contributed by atoms with Crippen LogP contribution in [0.4, 0.5) is 0 Å². The molecular weight excluding hydrogens is 586 g/mol. The number of nitrogens with zero attached hydrogens (tertiary/aromatic N) is 1. The number of benzene rings is 1. The molecule has 1 saturated carbocycles. The zero-order valence-electron chi connectivity index (χ0n) is 29.4. The van der Waals surface area contributed by atoms with E-state index >= 15 is 0 Å². The van der Waals surface area contributed by atoms with Crippen molar-refractivity contribution in [3.63, 3.8) is 0 Å². The molecule has 4 amide bonds. The van der Waals surface area contributed by atoms with Crippen molar-refractivity contribution < 1.29 is 28.7 Å². The first-order valence-electron chi connectivity index (χ1n) is 16.9. The monoisotopic (exact) mass is 647 g/mol. The van der Waals surface area contributed by atoms with E-state index in [2.05, 4.69) is 60.8 Å². The lowest BCUT2D eigenvalue weighted by Crippen LogP contribution is -2.48. The van der Waals surface area contributed by atoms with Crippen LogP contribution >= 0.6 is 0 Å². The van der Waals surface area contributed by atoms with Gasteiger partial charge in [0.2, 0.25) is 18.2 Å². The van der Waals surface area contributed by atoms with Gasteiger partial charge in [-0.3, -0.25) is 28.9 Å². The highest BCUT2D eigenvalue weighted by atomic mass is 16.5. The number of Topliss-reactive ketones (excluding diaryl/α,β-unsaturated/α-hetero) is 1. The number of ketones is 1. The second kappa shape index (κ2) is 26.7. The van der Waals surface area contributed by atoms with Gasteiger partial charge < -0.3 is 26.0 Å². The van der Waals surface area contributed by atoms with E-state index in [0.29, 0.717) is 24.0 Å². The summed E-state index contributed by atoms with van der Waals surface area (Å²) < 4.78 is 5.71. The fourth-order valence-corrected chi connectivity index (χ4v) is 4.35. The summed E-state index contributed by atoms with van der Waals surface area (Å²) in [6.07, 6.45) is 10.8. The minimum atomic E-state index is -0.814. The van der Waals surface area contributed by atoms with Crippen molar-refractivity contribution in [3.05, 3.63) is 29.8 Å². The molecule has 1 heterocycles. The molecule has 2 aliphatic rings. The van der Waals surface area contributed by atoms with Crippen molar-refractivity contribution in [3.8, 4) is 5.75 Å². The molecule has 0 radical (unpaired) electrons. The average molecular weight is 648 g/mol. The van der Waals surface area contributed by atoms with Crippen LogP contribution in [0.2, 0.25) is 0 Å². The molecule has 1 saturated heterocycles. The summed E-state index contributed by atoms with van der Waals surface area (Å²) in [5.74, 6) is -0.0330. The molecule has 1 aliphatic carbocycles. The highest BCUT2D eigenvalue weighted by molar-refractivity contribution is 5.97. The van der Waals surface area contributed by atoms with Gasteiger partial charge in [0.1, 0.15) is 24.2 Å². The van der Waals surface area contributed by atoms with E-state index < -0.39 is 23.8 Å². The van der Waals surface area contributed by atoms with Gasteiger partial charge in [0.15, 0.2) is 0 Å². The number of rotatable bonds is 13. The largest absolute Gasteiger partial charge is 0.492 e. The van der Waals surface area contributed by atoms with Gasteiger partial charge in [0.25, 0.3) is 5.91 Å². The number of carbonyl (C=O) groups is 5. The second-order valence-electron chi connectivity index (χ2n) is 12.4. The Morgan fingerprint density at radius 3 is 1.98 bits per heavy atom. The number of carbonyl (C=O) groups excluding carboxylic acids is 5. The SMILES string of the molecule is CC(=O)CNC(=O)C(C)NC(=O)CNC(=O)c1ccc(OCCN2CCCC2)cc1.CC(C)C.CCC.O=CNC1CCCCC1. The number of nitrogens with one attached hydrogen (secondary N) is 4. The van der Waals surface area contributed by atoms with E-state index in [1.807, 2.05) is 0 Å². The molecule has 1 aliphatic heterocycles. The fraction of sp³-hybridized carbons (Fsp3) is 0.686. The molecule has 0 aromatic heterocycles. The summed E-state index contributed by atoms with van der Waals surface area (Å²) in [6, 6.07) is 6.38. The molecule has 0 bridgehead atoms. The topological polar surface area (TPSA) is 146 Å². The molecule has 0 spiro atoms. The molecule has 2 fully saturated rings. The molecule has 1 aromatic carbocycles. The van der Waals surface area contributed by atoms with Gasteiger partial charge in [-0.15, -0.1) is 0 Å². The standard InChI is InChI=1S/C21H30N4O5.C7H13NO.C4H10.C3H8/c1-15(26)13-22-20(28)16(2)24-19(27)14-23-21(29)17-5-7-18(8-6-17)30-12-11-25-9-3-4-10-25;9-6-8-7-4-2-1-3-5-7;1-4(2)3;1-3-2/h5-8,16H,3-4,9-14H2,1-2H3,(H,22,28)(H,23,29)(H,24,27);6-7H,1-5H2,(H,8,9);4H,1-3H3;3H2,1-2H3. The van der Waals surface area contributed by atoms with Gasteiger partial charge in [-0.2, -0.15) is 0 Å². The first kappa shape index (κ1) is 42.5. The van der Waals surface area contributed by atoms with Crippen LogP contribution in [0.3, 0.4) is 0 Å². The zero-order valence-corrected chi connectivity index (χ0v) is 29.4. The summed E-state index contributed by atoms with van der Waals surface area (Å²) in [5.41, 5.74) is 0.405. The molecule has 46 heavy (non-hydrogen) atoms. The number of likely N-dealkylation sites (tertiary alicyclic amines) is 1. The van der Waals surface area contributed by atoms with E-state index in [1.54, 1.807) is 24.3 Å². The minimum absolute atomic E-state index is 0.0895. The summed E-state index contributed by atoms with van der Waals surface area (Å²) in [6.45, 7) is 17.0. The maximum atomic E-state index is 12.2. The first-order chi connectivity index (χ1) is 21.9. The third-order valence-electron chi connectivity index (χ3n) is 6.59. The molecule has 1 unspecified atom stereocenters. The Bertz CT molecular complexity index is 987. The maximum Gasteiger partial charge on any atom is 0.251 e. The maximum absolute atomic E-state index is 12.2. The molecule has 3 rings (SSSR count). The van der Waals surface area contributed by atoms with Crippen molar-refractivity contribution in [2.24, 2.45) is 5.92 Å². The molecular formula is C35H61N5O6. The quantitative estimate of drug-likeness (QED) is 0.234. The van der Waals surface area contributed by atoms with Crippen LogP contribution < -0.4 is 26.0 Å². The van der Waals surface area contributed by atoms with E-state index in [0.717, 1.165) is 32.0 Å². The molecule has 4 N–H and O–H groups in total. The Morgan fingerprint density at radius 1 is 0.891 bits per heavy atom. The van der Waals surface area contributed by atoms with Crippen LogP contribution in [0.25, 0.3) is 0 Å². The van der Waals surface area contributed by atoms with E-state index in [4.69, 9.17) is 4.74 Å². The van der Waals surface area contributed by atoms with Gasteiger partial charge in [-0.05, 0) is 82.8 Å². The van der Waals surface area contributed by atoms with Gasteiger partial charge in [0.05, 0.1) is 13.1 Å². The molecule has 11 heteroatoms. The highest BCUT2D eigenvalue weighted by Gasteiger charge is 2.17. The predicted molar refractivity (Wildman–Crippen MR) is 184 cm³/mol. The Labute approximate surface area is 277 Å². The van der Waals surface area contributed by atoms with Gasteiger partial charge in [-0.25, -0.2) is 0 Å². The number of hydrogen-bond acceptors (Lipinski definition) is 7. The third kappa shape index (κ3) is 23.0. The van der Waals surface area contributed by atoms with Gasteiger partial charge in [-0.1, -0.05) is 60.3 Å². The Kier molecular flexibility index (Phi) is 24.7. The van der Waals surface area contributed by atoms with Crippen molar-refractivity contribution in [2.45, 2.75) is 112 Å². The van der Waals surface area contributed by atoms with Crippen LogP contribution in [-0.4, -0.2) is 86.2 Å². The summed E-state index contributed by atoms with van der Waals surface area (Å²) in [7, 11) is 0. The normalized spacial score (nSPS) is 14.9. The Hall–Kier alpha value is -3.47. The van der Waals surface area contributed by atoms with Crippen LogP contribution in [-0.2, 0) is 19.2 Å². The van der Waals surface area contributed by atoms with Crippen molar-refractivity contribution in [1.82, 2.24) is 26.2 Å². The fourth-order valence-electron chi connectivity index (χ4n) is 4.35. The van der Waals surface area contributed by atoms with Gasteiger partial charge in [0, 0.05) is 18.2 Å². The number of ether oxygens (including phenoxy) is 1. The molecule has 11 nitrogen and oxygen atoms in total. The summed E-state index contributed by atoms with van der Waals surface area (Å²) >= 11 is 0. The zero-order chi connectivity index (χ0) is 34.7. The van der Waals surface area contributed by atoms with Crippen LogP contribution in [0.15, 0.2) is 24.3 Å². The van der Waals surface area contributed by atoms with Gasteiger partial charge >= 0.3 is 0 Å². The number of hydrogen-bond donors (Lipinski definition) is 4. The lowest BCUT2D eigenvalue weighted by atomic mass is 9.96. The second-order valence-corrected chi connectivity index (χ2v) is 12.4. The van der Waals surface area contributed by atoms with Crippen molar-refractivity contribution in [1.29, 1.82) is 0 Å². The van der Waals surface area contributed by atoms with E-state index in [9.17, 15) is 24.0 Å². The molecule has 1 atom stereocenters. The smallest absolute Gasteiger partial charge is 0.251 e. The lowest BCUT2D eigenvalue weighted by Gasteiger charge is -2.19. The number of amides is 4. The van der Waals surface area contributed by atoms with Crippen molar-refractivity contribution >= 4 is 29.9 Å².